The molecule has 0 radical (unpaired) electrons. The van der Waals surface area contributed by atoms with Crippen molar-refractivity contribution in [3.63, 3.8) is 0 Å². The lowest BCUT2D eigenvalue weighted by molar-refractivity contribution is 0.180. The third kappa shape index (κ3) is 6.22. The van der Waals surface area contributed by atoms with Crippen LogP contribution in [0.2, 0.25) is 0 Å². The quantitative estimate of drug-likeness (QED) is 0.521. The van der Waals surface area contributed by atoms with Gasteiger partial charge in [0.15, 0.2) is 0 Å². The molecule has 0 aliphatic carbocycles. The van der Waals surface area contributed by atoms with Gasteiger partial charge in [0, 0.05) is 45.5 Å². The Bertz CT molecular complexity index is 1150. The molecule has 3 aromatic rings. The summed E-state index contributed by atoms with van der Waals surface area (Å²) in [6, 6.07) is 26.7. The Labute approximate surface area is 198 Å². The molecule has 0 amide bonds. The highest BCUT2D eigenvalue weighted by Crippen LogP contribution is 2.29. The number of aryl methyl sites for hydroxylation is 1. The maximum atomic E-state index is 12.8. The van der Waals surface area contributed by atoms with E-state index < -0.39 is 10.0 Å². The number of hydrogen-bond donors (Lipinski definition) is 1. The Morgan fingerprint density at radius 2 is 1.58 bits per heavy atom. The molecule has 0 saturated heterocycles. The Morgan fingerprint density at radius 1 is 0.909 bits per heavy atom. The third-order valence-electron chi connectivity index (χ3n) is 6.39. The fourth-order valence-electron chi connectivity index (χ4n) is 4.41. The average Bonchev–Trinajstić information content (AvgIpc) is 2.84. The van der Waals surface area contributed by atoms with Crippen LogP contribution in [0.15, 0.2) is 78.9 Å². The molecule has 1 aliphatic heterocycles. The van der Waals surface area contributed by atoms with Crippen LogP contribution in [-0.2, 0) is 29.4 Å². The fraction of sp³-hybridized carbons (Fsp3) is 0.333. The van der Waals surface area contributed by atoms with Gasteiger partial charge in [0.25, 0.3) is 0 Å². The molecule has 4 rings (SSSR count). The third-order valence-corrected chi connectivity index (χ3v) is 7.74. The summed E-state index contributed by atoms with van der Waals surface area (Å²) in [5.74, 6) is 0.0894. The highest BCUT2D eigenvalue weighted by molar-refractivity contribution is 7.89. The van der Waals surface area contributed by atoms with Gasteiger partial charge in [0.05, 0.1) is 5.75 Å². The van der Waals surface area contributed by atoms with Crippen LogP contribution in [0.5, 0.6) is 0 Å². The average molecular weight is 464 g/mol. The lowest BCUT2D eigenvalue weighted by Crippen LogP contribution is -2.41. The van der Waals surface area contributed by atoms with E-state index in [1.54, 1.807) is 0 Å². The van der Waals surface area contributed by atoms with Crippen molar-refractivity contribution >= 4 is 15.7 Å². The summed E-state index contributed by atoms with van der Waals surface area (Å²) >= 11 is 0. The van der Waals surface area contributed by atoms with E-state index >= 15 is 0 Å². The summed E-state index contributed by atoms with van der Waals surface area (Å²) in [6.07, 6.45) is 1.48. The molecule has 1 aliphatic rings. The maximum Gasteiger partial charge on any atom is 0.211 e. The van der Waals surface area contributed by atoms with Crippen LogP contribution in [0.3, 0.4) is 0 Å². The molecule has 33 heavy (non-hydrogen) atoms. The van der Waals surface area contributed by atoms with E-state index in [0.29, 0.717) is 13.0 Å². The smallest absolute Gasteiger partial charge is 0.211 e. The molecule has 0 spiro atoms. The first-order valence-corrected chi connectivity index (χ1v) is 13.2. The van der Waals surface area contributed by atoms with Gasteiger partial charge in [-0.3, -0.25) is 4.90 Å². The molecule has 5 nitrogen and oxygen atoms in total. The summed E-state index contributed by atoms with van der Waals surface area (Å²) in [5, 5.41) is 0. The number of nitrogens with zero attached hydrogens (tertiary/aromatic N) is 2. The van der Waals surface area contributed by atoms with E-state index in [9.17, 15) is 8.42 Å². The van der Waals surface area contributed by atoms with Gasteiger partial charge < -0.3 is 4.90 Å². The zero-order valence-corrected chi connectivity index (χ0v) is 20.3. The molecule has 6 heteroatoms. The Kier molecular flexibility index (Phi) is 7.48. The van der Waals surface area contributed by atoms with Crippen molar-refractivity contribution in [2.24, 2.45) is 0 Å². The monoisotopic (exact) mass is 463 g/mol. The second kappa shape index (κ2) is 10.5. The zero-order chi connectivity index (χ0) is 23.3. The standard InChI is InChI=1S/C27H33N3O2S/c1-29(2)26-14-12-24(13-15-26)27(30-18-16-23-10-6-7-11-25(23)21-30)20-28-33(31,32)19-17-22-8-4-3-5-9-22/h3-15,27-28H,16-21H2,1-2H3/t27-/m1/s1. The Hall–Kier alpha value is -2.67. The number of fused-ring (bicyclic) bond motifs is 1. The summed E-state index contributed by atoms with van der Waals surface area (Å²) in [4.78, 5) is 4.47. The van der Waals surface area contributed by atoms with Gasteiger partial charge in [0.1, 0.15) is 0 Å². The van der Waals surface area contributed by atoms with Crippen molar-refractivity contribution in [2.75, 3.05) is 37.8 Å². The largest absolute Gasteiger partial charge is 0.378 e. The molecule has 174 valence electrons. The minimum atomic E-state index is -3.39. The van der Waals surface area contributed by atoms with Gasteiger partial charge in [-0.25, -0.2) is 13.1 Å². The van der Waals surface area contributed by atoms with Crippen molar-refractivity contribution in [1.29, 1.82) is 0 Å². The van der Waals surface area contributed by atoms with E-state index in [1.807, 2.05) is 44.4 Å². The van der Waals surface area contributed by atoms with Crippen molar-refractivity contribution in [3.05, 3.63) is 101 Å². The molecule has 0 unspecified atom stereocenters. The van der Waals surface area contributed by atoms with Gasteiger partial charge in [-0.15, -0.1) is 0 Å². The predicted molar refractivity (Wildman–Crippen MR) is 136 cm³/mol. The van der Waals surface area contributed by atoms with Gasteiger partial charge in [-0.1, -0.05) is 66.7 Å². The molecule has 0 fully saturated rings. The second-order valence-corrected chi connectivity index (χ2v) is 10.8. The van der Waals surface area contributed by atoms with Crippen molar-refractivity contribution in [3.8, 4) is 0 Å². The van der Waals surface area contributed by atoms with Gasteiger partial charge in [0.2, 0.25) is 10.0 Å². The summed E-state index contributed by atoms with van der Waals surface area (Å²) in [5.41, 5.74) is 6.01. The minimum Gasteiger partial charge on any atom is -0.378 e. The zero-order valence-electron chi connectivity index (χ0n) is 19.4. The van der Waals surface area contributed by atoms with Gasteiger partial charge >= 0.3 is 0 Å². The first kappa shape index (κ1) is 23.5. The number of nitrogens with one attached hydrogen (secondary N) is 1. The minimum absolute atomic E-state index is 0.0268. The van der Waals surface area contributed by atoms with Crippen molar-refractivity contribution in [2.45, 2.75) is 25.4 Å². The van der Waals surface area contributed by atoms with Crippen LogP contribution >= 0.6 is 0 Å². The maximum absolute atomic E-state index is 12.8. The molecule has 1 N–H and O–H groups in total. The molecule has 0 saturated carbocycles. The number of anilines is 1. The normalized spacial score (nSPS) is 15.1. The number of rotatable bonds is 9. The highest BCUT2D eigenvalue weighted by Gasteiger charge is 2.26. The van der Waals surface area contributed by atoms with E-state index in [0.717, 1.165) is 36.3 Å². The van der Waals surface area contributed by atoms with Crippen LogP contribution in [-0.4, -0.2) is 46.3 Å². The summed E-state index contributed by atoms with van der Waals surface area (Å²) in [6.45, 7) is 2.09. The SMILES string of the molecule is CN(C)c1ccc([C@@H](CNS(=O)(=O)CCc2ccccc2)N2CCc3ccccc3C2)cc1. The van der Waals surface area contributed by atoms with Crippen LogP contribution in [0.25, 0.3) is 0 Å². The molecule has 3 aromatic carbocycles. The molecule has 1 heterocycles. The molecular weight excluding hydrogens is 430 g/mol. The van der Waals surface area contributed by atoms with E-state index in [-0.39, 0.29) is 11.8 Å². The van der Waals surface area contributed by atoms with Crippen LogP contribution in [0.4, 0.5) is 5.69 Å². The molecular formula is C27H33N3O2S. The van der Waals surface area contributed by atoms with Crippen molar-refractivity contribution in [1.82, 2.24) is 9.62 Å². The second-order valence-electron chi connectivity index (χ2n) is 8.89. The number of sulfonamides is 1. The fourth-order valence-corrected chi connectivity index (χ4v) is 5.47. The Morgan fingerprint density at radius 3 is 2.27 bits per heavy atom. The first-order chi connectivity index (χ1) is 15.9. The lowest BCUT2D eigenvalue weighted by Gasteiger charge is -2.36. The Balaban J connectivity index is 1.50. The van der Waals surface area contributed by atoms with Crippen LogP contribution in [0, 0.1) is 0 Å². The lowest BCUT2D eigenvalue weighted by atomic mass is 9.96. The molecule has 1 atom stereocenters. The summed E-state index contributed by atoms with van der Waals surface area (Å²) in [7, 11) is 0.657. The van der Waals surface area contributed by atoms with Gasteiger partial charge in [-0.2, -0.15) is 0 Å². The van der Waals surface area contributed by atoms with Crippen LogP contribution < -0.4 is 9.62 Å². The van der Waals surface area contributed by atoms with E-state index in [2.05, 4.69) is 63.1 Å². The van der Waals surface area contributed by atoms with Gasteiger partial charge in [-0.05, 0) is 47.2 Å². The van der Waals surface area contributed by atoms with E-state index in [4.69, 9.17) is 0 Å². The number of benzene rings is 3. The van der Waals surface area contributed by atoms with E-state index in [1.165, 1.54) is 11.1 Å². The molecule has 0 aromatic heterocycles. The topological polar surface area (TPSA) is 52.7 Å². The predicted octanol–water partition coefficient (Wildman–Crippen LogP) is 4.01. The molecule has 0 bridgehead atoms. The number of hydrogen-bond acceptors (Lipinski definition) is 4. The van der Waals surface area contributed by atoms with Crippen LogP contribution in [0.1, 0.15) is 28.3 Å². The highest BCUT2D eigenvalue weighted by atomic mass is 32.2. The summed E-state index contributed by atoms with van der Waals surface area (Å²) < 4.78 is 28.6. The first-order valence-electron chi connectivity index (χ1n) is 11.5. The van der Waals surface area contributed by atoms with Crippen molar-refractivity contribution < 1.29 is 8.42 Å².